The Morgan fingerprint density at radius 3 is 2.59 bits per heavy atom. The maximum atomic E-state index is 11.0. The Morgan fingerprint density at radius 2 is 2.00 bits per heavy atom. The van der Waals surface area contributed by atoms with Gasteiger partial charge in [0.2, 0.25) is 0 Å². The lowest BCUT2D eigenvalue weighted by Gasteiger charge is -2.14. The highest BCUT2D eigenvalue weighted by Gasteiger charge is 2.12. The highest BCUT2D eigenvalue weighted by atomic mass is 32.2. The number of ether oxygens (including phenoxy) is 1. The average molecular weight is 274 g/mol. The first-order chi connectivity index (χ1) is 7.94. The molecule has 0 unspecified atom stereocenters. The number of benzene rings is 1. The minimum Gasteiger partial charge on any atom is -0.496 e. The van der Waals surface area contributed by atoms with Gasteiger partial charge in [0.05, 0.1) is 12.9 Å². The van der Waals surface area contributed by atoms with Crippen molar-refractivity contribution >= 4 is 21.6 Å². The summed E-state index contributed by atoms with van der Waals surface area (Å²) in [7, 11) is -1.22. The molecule has 96 valence electrons. The molecule has 0 heterocycles. The minimum absolute atomic E-state index is 0.219. The van der Waals surface area contributed by atoms with Crippen LogP contribution in [0.3, 0.4) is 0 Å². The van der Waals surface area contributed by atoms with Crippen molar-refractivity contribution in [2.45, 2.75) is 12.2 Å². The summed E-state index contributed by atoms with van der Waals surface area (Å²) in [5.74, 6) is 1.68. The molecule has 5 heteroatoms. The number of methoxy groups -OCH3 is 1. The van der Waals surface area contributed by atoms with E-state index >= 15 is 0 Å². The van der Waals surface area contributed by atoms with E-state index in [0.717, 1.165) is 11.3 Å². The largest absolute Gasteiger partial charge is 0.496 e. The predicted molar refractivity (Wildman–Crippen MR) is 73.6 cm³/mol. The molecule has 0 aliphatic heterocycles. The molecule has 0 fully saturated rings. The molecule has 0 saturated carbocycles. The monoisotopic (exact) mass is 274 g/mol. The highest BCUT2D eigenvalue weighted by molar-refractivity contribution is 8.00. The lowest BCUT2D eigenvalue weighted by molar-refractivity contribution is 0.410. The van der Waals surface area contributed by atoms with E-state index in [1.54, 1.807) is 18.9 Å². The molecule has 1 aromatic rings. The van der Waals surface area contributed by atoms with Gasteiger partial charge in [0, 0.05) is 22.8 Å². The Balaban J connectivity index is 2.61. The van der Waals surface area contributed by atoms with Gasteiger partial charge in [0.15, 0.2) is 0 Å². The van der Waals surface area contributed by atoms with Gasteiger partial charge in [0.25, 0.3) is 0 Å². The molecule has 0 aromatic heterocycles. The van der Waals surface area contributed by atoms with Crippen molar-refractivity contribution in [3.8, 4) is 5.75 Å². The molecule has 17 heavy (non-hydrogen) atoms. The predicted octanol–water partition coefficient (Wildman–Crippen LogP) is 2.53. The molecular formula is C12H18O3S2. The van der Waals surface area contributed by atoms with Crippen LogP contribution in [0.2, 0.25) is 0 Å². The Labute approximate surface area is 107 Å². The maximum absolute atomic E-state index is 11.0. The van der Waals surface area contributed by atoms with Crippen LogP contribution in [-0.2, 0) is 9.84 Å². The summed E-state index contributed by atoms with van der Waals surface area (Å²) in [5.41, 5.74) is 1.11. The van der Waals surface area contributed by atoms with Crippen LogP contribution < -0.4 is 4.74 Å². The Bertz CT molecular complexity index is 455. The van der Waals surface area contributed by atoms with Crippen molar-refractivity contribution in [2.75, 3.05) is 24.9 Å². The van der Waals surface area contributed by atoms with E-state index in [2.05, 4.69) is 6.92 Å². The molecule has 0 aliphatic carbocycles. The molecule has 0 amide bonds. The third-order valence-corrected chi connectivity index (χ3v) is 4.80. The van der Waals surface area contributed by atoms with E-state index < -0.39 is 9.84 Å². The number of rotatable bonds is 6. The second kappa shape index (κ2) is 6.31. The summed E-state index contributed by atoms with van der Waals surface area (Å²) in [5, 5.41) is 0.230. The van der Waals surface area contributed by atoms with Crippen LogP contribution >= 0.6 is 11.8 Å². The number of sulfone groups is 1. The fourth-order valence-electron chi connectivity index (χ4n) is 1.47. The number of para-hydroxylation sites is 1. The third kappa shape index (κ3) is 5.00. The van der Waals surface area contributed by atoms with E-state index in [0.29, 0.717) is 5.75 Å². The van der Waals surface area contributed by atoms with Crippen LogP contribution in [-0.4, -0.2) is 33.3 Å². The Kier molecular flexibility index (Phi) is 5.33. The molecule has 0 radical (unpaired) electrons. The second-order valence-electron chi connectivity index (χ2n) is 3.88. The third-order valence-electron chi connectivity index (χ3n) is 2.40. The standard InChI is InChI=1S/C12H18O3S2/c1-10(16-8-9-17(3,13)14)11-6-4-5-7-12(11)15-2/h4-7,10H,8-9H2,1-3H3/t10-/m1/s1. The highest BCUT2D eigenvalue weighted by Crippen LogP contribution is 2.34. The molecule has 1 aromatic carbocycles. The number of thioether (sulfide) groups is 1. The van der Waals surface area contributed by atoms with Crippen molar-refractivity contribution < 1.29 is 13.2 Å². The summed E-state index contributed by atoms with van der Waals surface area (Å²) in [6.45, 7) is 2.06. The van der Waals surface area contributed by atoms with Crippen molar-refractivity contribution in [2.24, 2.45) is 0 Å². The smallest absolute Gasteiger partial charge is 0.148 e. The molecule has 0 spiro atoms. The fourth-order valence-corrected chi connectivity index (χ4v) is 3.79. The first-order valence-electron chi connectivity index (χ1n) is 5.36. The molecule has 0 bridgehead atoms. The summed E-state index contributed by atoms with van der Waals surface area (Å²) in [4.78, 5) is 0. The molecule has 0 N–H and O–H groups in total. The van der Waals surface area contributed by atoms with E-state index in [9.17, 15) is 8.42 Å². The quantitative estimate of drug-likeness (QED) is 0.799. The van der Waals surface area contributed by atoms with Gasteiger partial charge in [-0.15, -0.1) is 0 Å². The van der Waals surface area contributed by atoms with Crippen LogP contribution in [0, 0.1) is 0 Å². The van der Waals surface area contributed by atoms with E-state index in [1.807, 2.05) is 24.3 Å². The zero-order chi connectivity index (χ0) is 12.9. The van der Waals surface area contributed by atoms with Gasteiger partial charge in [-0.25, -0.2) is 8.42 Å². The van der Waals surface area contributed by atoms with Gasteiger partial charge in [-0.1, -0.05) is 18.2 Å². The summed E-state index contributed by atoms with van der Waals surface area (Å²) in [6.07, 6.45) is 1.27. The van der Waals surface area contributed by atoms with E-state index in [1.165, 1.54) is 6.26 Å². The fraction of sp³-hybridized carbons (Fsp3) is 0.500. The average Bonchev–Trinajstić information content (AvgIpc) is 2.27. The van der Waals surface area contributed by atoms with Crippen molar-refractivity contribution in [3.63, 3.8) is 0 Å². The van der Waals surface area contributed by atoms with E-state index in [-0.39, 0.29) is 11.0 Å². The van der Waals surface area contributed by atoms with Crippen LogP contribution in [0.15, 0.2) is 24.3 Å². The van der Waals surface area contributed by atoms with Gasteiger partial charge in [-0.2, -0.15) is 11.8 Å². The number of hydrogen-bond donors (Lipinski definition) is 0. The zero-order valence-electron chi connectivity index (χ0n) is 10.3. The van der Waals surface area contributed by atoms with Crippen molar-refractivity contribution in [3.05, 3.63) is 29.8 Å². The molecule has 3 nitrogen and oxygen atoms in total. The van der Waals surface area contributed by atoms with Gasteiger partial charge in [-0.3, -0.25) is 0 Å². The first kappa shape index (κ1) is 14.4. The molecular weight excluding hydrogens is 256 g/mol. The Hall–Kier alpha value is -0.680. The topological polar surface area (TPSA) is 43.4 Å². The summed E-state index contributed by atoms with van der Waals surface area (Å²) in [6, 6.07) is 7.82. The van der Waals surface area contributed by atoms with Crippen LogP contribution in [0.5, 0.6) is 5.75 Å². The molecule has 1 rings (SSSR count). The normalized spacial score (nSPS) is 13.4. The van der Waals surface area contributed by atoms with Gasteiger partial charge >= 0.3 is 0 Å². The minimum atomic E-state index is -2.87. The molecule has 1 atom stereocenters. The second-order valence-corrected chi connectivity index (χ2v) is 7.59. The van der Waals surface area contributed by atoms with E-state index in [4.69, 9.17) is 4.74 Å². The van der Waals surface area contributed by atoms with Crippen molar-refractivity contribution in [1.82, 2.24) is 0 Å². The summed E-state index contributed by atoms with van der Waals surface area (Å²) < 4.78 is 27.4. The molecule has 0 saturated heterocycles. The van der Waals surface area contributed by atoms with Crippen LogP contribution in [0.4, 0.5) is 0 Å². The number of hydrogen-bond acceptors (Lipinski definition) is 4. The molecule has 0 aliphatic rings. The lowest BCUT2D eigenvalue weighted by Crippen LogP contribution is -2.06. The van der Waals surface area contributed by atoms with Gasteiger partial charge in [0.1, 0.15) is 15.6 Å². The zero-order valence-corrected chi connectivity index (χ0v) is 12.0. The van der Waals surface area contributed by atoms with Crippen LogP contribution in [0.1, 0.15) is 17.7 Å². The van der Waals surface area contributed by atoms with Gasteiger partial charge < -0.3 is 4.74 Å². The van der Waals surface area contributed by atoms with Crippen LogP contribution in [0.25, 0.3) is 0 Å². The first-order valence-corrected chi connectivity index (χ1v) is 8.47. The lowest BCUT2D eigenvalue weighted by atomic mass is 10.1. The van der Waals surface area contributed by atoms with Gasteiger partial charge in [-0.05, 0) is 13.0 Å². The maximum Gasteiger partial charge on any atom is 0.148 e. The summed E-state index contributed by atoms with van der Waals surface area (Å²) >= 11 is 1.63. The SMILES string of the molecule is COc1ccccc1[C@@H](C)SCCS(C)(=O)=O. The Morgan fingerprint density at radius 1 is 1.35 bits per heavy atom. The van der Waals surface area contributed by atoms with Crippen molar-refractivity contribution in [1.29, 1.82) is 0 Å².